The van der Waals surface area contributed by atoms with Crippen molar-refractivity contribution >= 4 is 0 Å². The molecule has 1 heterocycles. The lowest BCUT2D eigenvalue weighted by Crippen LogP contribution is -2.48. The van der Waals surface area contributed by atoms with E-state index in [1.807, 2.05) is 13.8 Å². The standard InChI is InChI=1S/C12H25NO2/c1-10(2)6-5-7-13-11-8-14-12(3,4)15-9-11/h10-11,13H,5-9H2,1-4H3. The highest BCUT2D eigenvalue weighted by Gasteiger charge is 2.27. The van der Waals surface area contributed by atoms with Gasteiger partial charge in [-0.25, -0.2) is 0 Å². The number of rotatable bonds is 5. The van der Waals surface area contributed by atoms with E-state index >= 15 is 0 Å². The van der Waals surface area contributed by atoms with Crippen molar-refractivity contribution in [1.82, 2.24) is 5.32 Å². The van der Waals surface area contributed by atoms with Crippen molar-refractivity contribution in [2.75, 3.05) is 19.8 Å². The molecule has 3 heteroatoms. The first-order chi connectivity index (χ1) is 6.99. The van der Waals surface area contributed by atoms with Crippen LogP contribution in [0.1, 0.15) is 40.5 Å². The van der Waals surface area contributed by atoms with E-state index in [9.17, 15) is 0 Å². The molecule has 0 unspecified atom stereocenters. The fourth-order valence-electron chi connectivity index (χ4n) is 1.63. The zero-order chi connectivity index (χ0) is 11.3. The summed E-state index contributed by atoms with van der Waals surface area (Å²) in [5, 5.41) is 3.46. The van der Waals surface area contributed by atoms with Crippen LogP contribution in [0.5, 0.6) is 0 Å². The summed E-state index contributed by atoms with van der Waals surface area (Å²) in [5.74, 6) is 0.403. The SMILES string of the molecule is CC(C)CCCNC1COC(C)(C)OC1. The predicted octanol–water partition coefficient (Wildman–Crippen LogP) is 2.16. The zero-order valence-corrected chi connectivity index (χ0v) is 10.5. The van der Waals surface area contributed by atoms with E-state index in [-0.39, 0.29) is 0 Å². The van der Waals surface area contributed by atoms with Gasteiger partial charge in [0.15, 0.2) is 5.79 Å². The highest BCUT2D eigenvalue weighted by molar-refractivity contribution is 4.72. The van der Waals surface area contributed by atoms with Crippen molar-refractivity contribution in [3.8, 4) is 0 Å². The van der Waals surface area contributed by atoms with Crippen LogP contribution in [-0.4, -0.2) is 31.6 Å². The largest absolute Gasteiger partial charge is 0.349 e. The first kappa shape index (κ1) is 12.9. The van der Waals surface area contributed by atoms with Gasteiger partial charge >= 0.3 is 0 Å². The van der Waals surface area contributed by atoms with E-state index in [1.165, 1.54) is 12.8 Å². The maximum Gasteiger partial charge on any atom is 0.162 e. The van der Waals surface area contributed by atoms with Gasteiger partial charge in [0, 0.05) is 0 Å². The molecule has 0 spiro atoms. The molecule has 3 nitrogen and oxygen atoms in total. The molecule has 1 fully saturated rings. The lowest BCUT2D eigenvalue weighted by molar-refractivity contribution is -0.252. The average molecular weight is 215 g/mol. The van der Waals surface area contributed by atoms with Crippen LogP contribution in [0.25, 0.3) is 0 Å². The fraction of sp³-hybridized carbons (Fsp3) is 1.00. The van der Waals surface area contributed by atoms with Gasteiger partial charge in [0.1, 0.15) is 0 Å². The molecule has 0 bridgehead atoms. The van der Waals surface area contributed by atoms with Gasteiger partial charge in [-0.1, -0.05) is 13.8 Å². The van der Waals surface area contributed by atoms with Crippen LogP contribution in [0.15, 0.2) is 0 Å². The molecule has 0 saturated carbocycles. The third kappa shape index (κ3) is 5.50. The Morgan fingerprint density at radius 2 is 1.87 bits per heavy atom. The maximum atomic E-state index is 5.57. The van der Waals surface area contributed by atoms with Crippen LogP contribution in [0.2, 0.25) is 0 Å². The van der Waals surface area contributed by atoms with Crippen molar-refractivity contribution in [1.29, 1.82) is 0 Å². The van der Waals surface area contributed by atoms with Crippen LogP contribution in [-0.2, 0) is 9.47 Å². The second kappa shape index (κ2) is 5.83. The van der Waals surface area contributed by atoms with Gasteiger partial charge in [0.25, 0.3) is 0 Å². The second-order valence-electron chi connectivity index (χ2n) is 5.21. The van der Waals surface area contributed by atoms with Gasteiger partial charge in [0.05, 0.1) is 19.3 Å². The first-order valence-corrected chi connectivity index (χ1v) is 6.01. The summed E-state index contributed by atoms with van der Waals surface area (Å²) in [7, 11) is 0. The van der Waals surface area contributed by atoms with E-state index < -0.39 is 5.79 Å². The summed E-state index contributed by atoms with van der Waals surface area (Å²) in [5.41, 5.74) is 0. The first-order valence-electron chi connectivity index (χ1n) is 6.01. The Balaban J connectivity index is 2.04. The molecule has 0 aliphatic carbocycles. The van der Waals surface area contributed by atoms with E-state index in [2.05, 4.69) is 19.2 Å². The number of nitrogens with one attached hydrogen (secondary N) is 1. The third-order valence-electron chi connectivity index (χ3n) is 2.66. The maximum absolute atomic E-state index is 5.57. The molecule has 1 aliphatic heterocycles. The van der Waals surface area contributed by atoms with Crippen LogP contribution < -0.4 is 5.32 Å². The Morgan fingerprint density at radius 3 is 2.40 bits per heavy atom. The molecule has 0 aromatic heterocycles. The zero-order valence-electron chi connectivity index (χ0n) is 10.5. The molecular formula is C12H25NO2. The lowest BCUT2D eigenvalue weighted by atomic mass is 10.1. The molecule has 0 amide bonds. The minimum absolute atomic E-state index is 0.366. The number of hydrogen-bond acceptors (Lipinski definition) is 3. The van der Waals surface area contributed by atoms with Crippen molar-refractivity contribution < 1.29 is 9.47 Å². The predicted molar refractivity (Wildman–Crippen MR) is 61.8 cm³/mol. The van der Waals surface area contributed by atoms with Crippen molar-refractivity contribution in [3.63, 3.8) is 0 Å². The molecule has 15 heavy (non-hydrogen) atoms. The third-order valence-corrected chi connectivity index (χ3v) is 2.66. The topological polar surface area (TPSA) is 30.5 Å². The Bertz CT molecular complexity index is 170. The van der Waals surface area contributed by atoms with Crippen molar-refractivity contribution in [3.05, 3.63) is 0 Å². The molecule has 0 atom stereocenters. The van der Waals surface area contributed by atoms with Gasteiger partial charge in [0.2, 0.25) is 0 Å². The fourth-order valence-corrected chi connectivity index (χ4v) is 1.63. The highest BCUT2D eigenvalue weighted by Crippen LogP contribution is 2.16. The van der Waals surface area contributed by atoms with E-state index in [0.717, 1.165) is 25.7 Å². The van der Waals surface area contributed by atoms with Gasteiger partial charge in [-0.15, -0.1) is 0 Å². The van der Waals surface area contributed by atoms with Gasteiger partial charge in [-0.3, -0.25) is 0 Å². The van der Waals surface area contributed by atoms with Crippen LogP contribution in [0, 0.1) is 5.92 Å². The molecule has 1 aliphatic rings. The Hall–Kier alpha value is -0.120. The van der Waals surface area contributed by atoms with Crippen molar-refractivity contribution in [2.45, 2.75) is 52.4 Å². The van der Waals surface area contributed by atoms with Crippen LogP contribution >= 0.6 is 0 Å². The quantitative estimate of drug-likeness (QED) is 0.713. The van der Waals surface area contributed by atoms with Gasteiger partial charge in [-0.05, 0) is 39.2 Å². The smallest absolute Gasteiger partial charge is 0.162 e. The summed E-state index contributed by atoms with van der Waals surface area (Å²) in [6, 6.07) is 0.366. The minimum Gasteiger partial charge on any atom is -0.349 e. The van der Waals surface area contributed by atoms with Gasteiger partial charge < -0.3 is 14.8 Å². The molecule has 90 valence electrons. The summed E-state index contributed by atoms with van der Waals surface area (Å²) < 4.78 is 11.1. The average Bonchev–Trinajstić information content (AvgIpc) is 2.14. The lowest BCUT2D eigenvalue weighted by Gasteiger charge is -2.35. The van der Waals surface area contributed by atoms with Crippen LogP contribution in [0.3, 0.4) is 0 Å². The molecule has 1 N–H and O–H groups in total. The molecule has 0 radical (unpaired) electrons. The molecule has 1 rings (SSSR count). The summed E-state index contributed by atoms with van der Waals surface area (Å²) in [6.07, 6.45) is 2.52. The minimum atomic E-state index is -0.393. The molecular weight excluding hydrogens is 190 g/mol. The monoisotopic (exact) mass is 215 g/mol. The highest BCUT2D eigenvalue weighted by atomic mass is 16.7. The summed E-state index contributed by atoms with van der Waals surface area (Å²) in [6.45, 7) is 11.0. The van der Waals surface area contributed by atoms with Crippen LogP contribution in [0.4, 0.5) is 0 Å². The van der Waals surface area contributed by atoms with E-state index in [1.54, 1.807) is 0 Å². The van der Waals surface area contributed by atoms with Gasteiger partial charge in [-0.2, -0.15) is 0 Å². The normalized spacial score (nSPS) is 22.2. The number of hydrogen-bond donors (Lipinski definition) is 1. The summed E-state index contributed by atoms with van der Waals surface area (Å²) >= 11 is 0. The Morgan fingerprint density at radius 1 is 1.27 bits per heavy atom. The second-order valence-corrected chi connectivity index (χ2v) is 5.21. The molecule has 0 aromatic rings. The number of ether oxygens (including phenoxy) is 2. The Kier molecular flexibility index (Phi) is 5.03. The van der Waals surface area contributed by atoms with Crippen molar-refractivity contribution in [2.24, 2.45) is 5.92 Å². The Labute approximate surface area is 93.5 Å². The van der Waals surface area contributed by atoms with E-state index in [0.29, 0.717) is 6.04 Å². The summed E-state index contributed by atoms with van der Waals surface area (Å²) in [4.78, 5) is 0. The van der Waals surface area contributed by atoms with E-state index in [4.69, 9.17) is 9.47 Å². The molecule has 0 aromatic carbocycles. The molecule has 1 saturated heterocycles.